The molecule has 1 amide bonds. The van der Waals surface area contributed by atoms with Gasteiger partial charge >= 0.3 is 0 Å². The molecular weight excluding hydrogens is 400 g/mol. The molecule has 4 aromatic rings. The van der Waals surface area contributed by atoms with Crippen LogP contribution < -0.4 is 10.5 Å². The van der Waals surface area contributed by atoms with E-state index in [4.69, 9.17) is 0 Å². The highest BCUT2D eigenvalue weighted by atomic mass is 16.2. The molecule has 0 N–H and O–H groups in total. The minimum atomic E-state index is -0.296. The predicted octanol–water partition coefficient (Wildman–Crippen LogP) is 3.41. The Morgan fingerprint density at radius 2 is 1.53 bits per heavy atom. The summed E-state index contributed by atoms with van der Waals surface area (Å²) in [6.07, 6.45) is 1.67. The van der Waals surface area contributed by atoms with E-state index in [0.717, 1.165) is 29.7 Å². The van der Waals surface area contributed by atoms with E-state index in [-0.39, 0.29) is 17.0 Å². The van der Waals surface area contributed by atoms with Crippen LogP contribution in [0.15, 0.2) is 89.9 Å². The number of piperazine rings is 1. The number of hydrogen-bond acceptors (Lipinski definition) is 4. The number of aromatic nitrogens is 2. The molecule has 6 heteroatoms. The molecule has 0 spiro atoms. The van der Waals surface area contributed by atoms with E-state index in [1.54, 1.807) is 21.7 Å². The number of pyridine rings is 2. The number of fused-ring (bicyclic) bond motifs is 1. The molecule has 1 aliphatic heterocycles. The highest BCUT2D eigenvalue weighted by Crippen LogP contribution is 2.18. The molecule has 1 saturated heterocycles. The Morgan fingerprint density at radius 1 is 0.844 bits per heavy atom. The first-order valence-corrected chi connectivity index (χ1v) is 10.8. The molecule has 3 heterocycles. The fraction of sp³-hybridized carbons (Fsp3) is 0.192. The van der Waals surface area contributed by atoms with Gasteiger partial charge in [0, 0.05) is 43.4 Å². The molecular formula is C26H24N4O2. The standard InChI is InChI=1S/C26H24N4O2/c31-25(29-16-14-28(15-17-29)22-11-5-2-6-12-22)23-18-21-10-7-13-27-24(21)30(26(23)32)19-20-8-3-1-4-9-20/h1-13,18H,14-17,19H2. The van der Waals surface area contributed by atoms with Crippen LogP contribution in [-0.4, -0.2) is 46.5 Å². The smallest absolute Gasteiger partial charge is 0.265 e. The third kappa shape index (κ3) is 3.87. The van der Waals surface area contributed by atoms with Crippen molar-refractivity contribution < 1.29 is 4.79 Å². The number of carbonyl (C=O) groups excluding carboxylic acids is 1. The summed E-state index contributed by atoms with van der Waals surface area (Å²) >= 11 is 0. The van der Waals surface area contributed by atoms with Crippen molar-refractivity contribution in [2.45, 2.75) is 6.54 Å². The van der Waals surface area contributed by atoms with Gasteiger partial charge in [0.1, 0.15) is 11.2 Å². The highest BCUT2D eigenvalue weighted by Gasteiger charge is 2.25. The molecule has 160 valence electrons. The molecule has 1 fully saturated rings. The van der Waals surface area contributed by atoms with Crippen LogP contribution in [0.4, 0.5) is 5.69 Å². The molecule has 1 aliphatic rings. The second-order valence-electron chi connectivity index (χ2n) is 7.97. The number of amides is 1. The third-order valence-electron chi connectivity index (χ3n) is 5.95. The Bertz CT molecular complexity index is 1290. The van der Waals surface area contributed by atoms with Crippen molar-refractivity contribution in [3.05, 3.63) is 107 Å². The average molecular weight is 425 g/mol. The van der Waals surface area contributed by atoms with Gasteiger partial charge in [0.2, 0.25) is 0 Å². The highest BCUT2D eigenvalue weighted by molar-refractivity contribution is 5.97. The molecule has 0 unspecified atom stereocenters. The van der Waals surface area contributed by atoms with Crippen molar-refractivity contribution >= 4 is 22.6 Å². The van der Waals surface area contributed by atoms with E-state index in [2.05, 4.69) is 22.0 Å². The zero-order valence-electron chi connectivity index (χ0n) is 17.7. The second-order valence-corrected chi connectivity index (χ2v) is 7.97. The van der Waals surface area contributed by atoms with E-state index in [0.29, 0.717) is 25.3 Å². The lowest BCUT2D eigenvalue weighted by atomic mass is 10.1. The summed E-state index contributed by atoms with van der Waals surface area (Å²) in [4.78, 5) is 35.3. The largest absolute Gasteiger partial charge is 0.368 e. The molecule has 2 aromatic carbocycles. The lowest BCUT2D eigenvalue weighted by Crippen LogP contribution is -2.50. The molecule has 2 aromatic heterocycles. The lowest BCUT2D eigenvalue weighted by molar-refractivity contribution is 0.0744. The molecule has 0 aliphatic carbocycles. The predicted molar refractivity (Wildman–Crippen MR) is 126 cm³/mol. The van der Waals surface area contributed by atoms with Crippen molar-refractivity contribution in [3.8, 4) is 0 Å². The first kappa shape index (κ1) is 20.0. The average Bonchev–Trinajstić information content (AvgIpc) is 2.86. The SMILES string of the molecule is O=C(c1cc2cccnc2n(Cc2ccccc2)c1=O)N1CCN(c2ccccc2)CC1. The van der Waals surface area contributed by atoms with Gasteiger partial charge in [-0.15, -0.1) is 0 Å². The van der Waals surface area contributed by atoms with Crippen LogP contribution in [0.1, 0.15) is 15.9 Å². The van der Waals surface area contributed by atoms with Gasteiger partial charge in [0.05, 0.1) is 6.54 Å². The molecule has 5 rings (SSSR count). The van der Waals surface area contributed by atoms with Crippen LogP contribution >= 0.6 is 0 Å². The Hall–Kier alpha value is -3.93. The summed E-state index contributed by atoms with van der Waals surface area (Å²) < 4.78 is 1.61. The van der Waals surface area contributed by atoms with Crippen molar-refractivity contribution in [2.24, 2.45) is 0 Å². The quantitative estimate of drug-likeness (QED) is 0.504. The van der Waals surface area contributed by atoms with Crippen LogP contribution in [0.25, 0.3) is 11.0 Å². The van der Waals surface area contributed by atoms with Crippen LogP contribution in [-0.2, 0) is 6.54 Å². The number of nitrogens with zero attached hydrogens (tertiary/aromatic N) is 4. The minimum Gasteiger partial charge on any atom is -0.368 e. The second kappa shape index (κ2) is 8.67. The summed E-state index contributed by atoms with van der Waals surface area (Å²) in [6, 6.07) is 25.4. The molecule has 6 nitrogen and oxygen atoms in total. The van der Waals surface area contributed by atoms with Crippen molar-refractivity contribution in [1.82, 2.24) is 14.5 Å². The van der Waals surface area contributed by atoms with Crippen molar-refractivity contribution in [1.29, 1.82) is 0 Å². The number of para-hydroxylation sites is 1. The summed E-state index contributed by atoms with van der Waals surface area (Å²) in [5.74, 6) is -0.213. The van der Waals surface area contributed by atoms with E-state index in [9.17, 15) is 9.59 Å². The Labute approximate surface area is 186 Å². The summed E-state index contributed by atoms with van der Waals surface area (Å²) in [5.41, 5.74) is 2.64. The number of anilines is 1. The zero-order chi connectivity index (χ0) is 21.9. The molecule has 0 radical (unpaired) electrons. The van der Waals surface area contributed by atoms with Crippen LogP contribution in [0.3, 0.4) is 0 Å². The summed E-state index contributed by atoms with van der Waals surface area (Å²) in [5, 5.41) is 0.786. The lowest BCUT2D eigenvalue weighted by Gasteiger charge is -2.36. The zero-order valence-corrected chi connectivity index (χ0v) is 17.7. The fourth-order valence-electron chi connectivity index (χ4n) is 4.25. The number of benzene rings is 2. The molecule has 0 atom stereocenters. The Kier molecular flexibility index (Phi) is 5.42. The van der Waals surface area contributed by atoms with Gasteiger partial charge in [-0.2, -0.15) is 0 Å². The number of rotatable bonds is 4. The number of carbonyl (C=O) groups is 1. The van der Waals surface area contributed by atoms with Gasteiger partial charge < -0.3 is 9.80 Å². The molecule has 0 bridgehead atoms. The van der Waals surface area contributed by atoms with E-state index >= 15 is 0 Å². The Morgan fingerprint density at radius 3 is 2.25 bits per heavy atom. The van der Waals surface area contributed by atoms with Gasteiger partial charge in [0.15, 0.2) is 0 Å². The van der Waals surface area contributed by atoms with Crippen LogP contribution in [0.5, 0.6) is 0 Å². The normalized spacial score (nSPS) is 14.0. The monoisotopic (exact) mass is 424 g/mol. The van der Waals surface area contributed by atoms with Gasteiger partial charge in [-0.3, -0.25) is 14.2 Å². The number of hydrogen-bond donors (Lipinski definition) is 0. The first-order chi connectivity index (χ1) is 15.7. The van der Waals surface area contributed by atoms with Gasteiger partial charge in [-0.1, -0.05) is 48.5 Å². The van der Waals surface area contributed by atoms with Crippen molar-refractivity contribution in [3.63, 3.8) is 0 Å². The topological polar surface area (TPSA) is 58.4 Å². The summed E-state index contributed by atoms with van der Waals surface area (Å²) in [7, 11) is 0. The van der Waals surface area contributed by atoms with Gasteiger partial charge in [0.25, 0.3) is 11.5 Å². The first-order valence-electron chi connectivity index (χ1n) is 10.8. The third-order valence-corrected chi connectivity index (χ3v) is 5.95. The maximum absolute atomic E-state index is 13.4. The Balaban J connectivity index is 1.44. The van der Waals surface area contributed by atoms with E-state index < -0.39 is 0 Å². The maximum Gasteiger partial charge on any atom is 0.265 e. The van der Waals surface area contributed by atoms with E-state index in [1.165, 1.54) is 0 Å². The molecule has 0 saturated carbocycles. The van der Waals surface area contributed by atoms with Crippen LogP contribution in [0, 0.1) is 0 Å². The fourth-order valence-corrected chi connectivity index (χ4v) is 4.25. The molecule has 32 heavy (non-hydrogen) atoms. The van der Waals surface area contributed by atoms with Gasteiger partial charge in [-0.05, 0) is 35.9 Å². The van der Waals surface area contributed by atoms with E-state index in [1.807, 2.05) is 60.7 Å². The summed E-state index contributed by atoms with van der Waals surface area (Å²) in [6.45, 7) is 3.01. The minimum absolute atomic E-state index is 0.203. The van der Waals surface area contributed by atoms with Gasteiger partial charge in [-0.25, -0.2) is 4.98 Å². The van der Waals surface area contributed by atoms with Crippen molar-refractivity contribution in [2.75, 3.05) is 31.1 Å². The maximum atomic E-state index is 13.4. The van der Waals surface area contributed by atoms with Crippen LogP contribution in [0.2, 0.25) is 0 Å².